The van der Waals surface area contributed by atoms with E-state index in [0.29, 0.717) is 23.5 Å². The Hall–Kier alpha value is -4.26. The number of aldehydes is 1. The molecule has 0 aliphatic heterocycles. The molecule has 0 spiro atoms. The topological polar surface area (TPSA) is 112 Å². The van der Waals surface area contributed by atoms with Crippen molar-refractivity contribution in [2.75, 3.05) is 30.9 Å². The fourth-order valence-corrected chi connectivity index (χ4v) is 3.37. The highest BCUT2D eigenvalue weighted by atomic mass is 19.4. The molecule has 4 aromatic heterocycles. The molecule has 10 nitrogen and oxygen atoms in total. The SMILES string of the molecule is COCCNc1cc(Nc2ccnn2-c2ccc(-c3cnn(C)c3)c(C=O)n2)ncc1C(F)(F)F. The maximum Gasteiger partial charge on any atom is 0.419 e. The van der Waals surface area contributed by atoms with Crippen LogP contribution >= 0.6 is 0 Å². The Kier molecular flexibility index (Phi) is 6.78. The first kappa shape index (κ1) is 23.9. The van der Waals surface area contributed by atoms with Crippen molar-refractivity contribution in [2.45, 2.75) is 6.18 Å². The number of anilines is 3. The van der Waals surface area contributed by atoms with Crippen LogP contribution in [0.1, 0.15) is 16.1 Å². The lowest BCUT2D eigenvalue weighted by atomic mass is 10.1. The van der Waals surface area contributed by atoms with Crippen LogP contribution in [0, 0.1) is 0 Å². The van der Waals surface area contributed by atoms with Crippen LogP contribution in [0.3, 0.4) is 0 Å². The van der Waals surface area contributed by atoms with Gasteiger partial charge in [-0.3, -0.25) is 9.48 Å². The molecule has 0 aliphatic rings. The van der Waals surface area contributed by atoms with Gasteiger partial charge in [0.1, 0.15) is 17.3 Å². The predicted molar refractivity (Wildman–Crippen MR) is 122 cm³/mol. The van der Waals surface area contributed by atoms with E-state index < -0.39 is 11.7 Å². The Morgan fingerprint density at radius 1 is 1.17 bits per heavy atom. The van der Waals surface area contributed by atoms with E-state index in [0.717, 1.165) is 11.8 Å². The number of rotatable bonds is 9. The third kappa shape index (κ3) is 5.30. The van der Waals surface area contributed by atoms with Crippen molar-refractivity contribution in [1.29, 1.82) is 0 Å². The molecule has 0 aromatic carbocycles. The lowest BCUT2D eigenvalue weighted by molar-refractivity contribution is -0.137. The van der Waals surface area contributed by atoms with Crippen LogP contribution in [-0.2, 0) is 18.0 Å². The Labute approximate surface area is 197 Å². The normalized spacial score (nSPS) is 11.5. The van der Waals surface area contributed by atoms with Gasteiger partial charge < -0.3 is 15.4 Å². The van der Waals surface area contributed by atoms with Crippen LogP contribution in [0.25, 0.3) is 16.9 Å². The minimum atomic E-state index is -4.58. The minimum absolute atomic E-state index is 0.139. The van der Waals surface area contributed by atoms with Gasteiger partial charge in [0.25, 0.3) is 0 Å². The molecule has 4 rings (SSSR count). The summed E-state index contributed by atoms with van der Waals surface area (Å²) in [5.41, 5.74) is 0.495. The Morgan fingerprint density at radius 3 is 2.69 bits per heavy atom. The summed E-state index contributed by atoms with van der Waals surface area (Å²) in [6.45, 7) is 0.414. The summed E-state index contributed by atoms with van der Waals surface area (Å²) in [4.78, 5) is 20.0. The Bertz CT molecular complexity index is 1330. The summed E-state index contributed by atoms with van der Waals surface area (Å²) in [5, 5.41) is 14.0. The van der Waals surface area contributed by atoms with Gasteiger partial charge in [-0.1, -0.05) is 0 Å². The van der Waals surface area contributed by atoms with Gasteiger partial charge in [0.2, 0.25) is 0 Å². The average molecular weight is 486 g/mol. The predicted octanol–water partition coefficient (Wildman–Crippen LogP) is 3.70. The van der Waals surface area contributed by atoms with Crippen molar-refractivity contribution in [1.82, 2.24) is 29.5 Å². The van der Waals surface area contributed by atoms with E-state index in [4.69, 9.17) is 4.74 Å². The summed E-state index contributed by atoms with van der Waals surface area (Å²) in [6, 6.07) is 6.26. The number of ether oxygens (including phenoxy) is 1. The van der Waals surface area contributed by atoms with E-state index in [9.17, 15) is 18.0 Å². The smallest absolute Gasteiger partial charge is 0.383 e. The summed E-state index contributed by atoms with van der Waals surface area (Å²) < 4.78 is 48.1. The number of aromatic nitrogens is 6. The number of halogens is 3. The van der Waals surface area contributed by atoms with Crippen LogP contribution in [-0.4, -0.2) is 56.1 Å². The molecule has 0 bridgehead atoms. The van der Waals surface area contributed by atoms with Gasteiger partial charge in [0.05, 0.1) is 30.3 Å². The average Bonchev–Trinajstić information content (AvgIpc) is 3.47. The van der Waals surface area contributed by atoms with E-state index in [1.165, 1.54) is 24.1 Å². The van der Waals surface area contributed by atoms with Gasteiger partial charge in [-0.25, -0.2) is 9.97 Å². The summed E-state index contributed by atoms with van der Waals surface area (Å²) in [5.74, 6) is 0.874. The molecule has 0 unspecified atom stereocenters. The Balaban J connectivity index is 1.64. The quantitative estimate of drug-likeness (QED) is 0.272. The molecule has 0 fully saturated rings. The van der Waals surface area contributed by atoms with Gasteiger partial charge >= 0.3 is 6.18 Å². The van der Waals surface area contributed by atoms with Crippen LogP contribution in [0.5, 0.6) is 0 Å². The van der Waals surface area contributed by atoms with E-state index in [1.54, 1.807) is 42.3 Å². The molecule has 4 heterocycles. The van der Waals surface area contributed by atoms with Gasteiger partial charge in [-0.05, 0) is 12.1 Å². The van der Waals surface area contributed by atoms with Crippen molar-refractivity contribution >= 4 is 23.6 Å². The van der Waals surface area contributed by atoms with Crippen LogP contribution in [0.15, 0.2) is 49.1 Å². The summed E-state index contributed by atoms with van der Waals surface area (Å²) in [7, 11) is 3.22. The number of methoxy groups -OCH3 is 1. The van der Waals surface area contributed by atoms with Gasteiger partial charge in [0, 0.05) is 56.4 Å². The standard InChI is InChI=1S/C22H21F3N8O2/c1-32-12-14(10-29-32)15-3-4-20(30-18(15)13-34)33-21(5-6-28-33)31-19-9-17(26-7-8-35-2)16(11-27-19)22(23,24)25/h3-6,9-13H,7-8H2,1-2H3,(H2,26,27,31). The van der Waals surface area contributed by atoms with Crippen molar-refractivity contribution < 1.29 is 22.7 Å². The van der Waals surface area contributed by atoms with Gasteiger partial charge in [0.15, 0.2) is 12.1 Å². The fourth-order valence-electron chi connectivity index (χ4n) is 3.37. The van der Waals surface area contributed by atoms with Crippen molar-refractivity contribution in [3.05, 3.63) is 60.3 Å². The summed E-state index contributed by atoms with van der Waals surface area (Å²) >= 11 is 0. The highest BCUT2D eigenvalue weighted by Gasteiger charge is 2.34. The van der Waals surface area contributed by atoms with E-state index in [1.807, 2.05) is 0 Å². The minimum Gasteiger partial charge on any atom is -0.383 e. The second-order valence-electron chi connectivity index (χ2n) is 7.41. The van der Waals surface area contributed by atoms with E-state index >= 15 is 0 Å². The number of aryl methyl sites for hydroxylation is 1. The maximum absolute atomic E-state index is 13.4. The molecule has 0 aliphatic carbocycles. The third-order valence-corrected chi connectivity index (χ3v) is 4.98. The zero-order valence-electron chi connectivity index (χ0n) is 18.7. The van der Waals surface area contributed by atoms with Crippen molar-refractivity contribution in [3.8, 4) is 16.9 Å². The third-order valence-electron chi connectivity index (χ3n) is 4.98. The maximum atomic E-state index is 13.4. The molecule has 13 heteroatoms. The largest absolute Gasteiger partial charge is 0.419 e. The zero-order chi connectivity index (χ0) is 25.0. The first-order valence-corrected chi connectivity index (χ1v) is 10.4. The highest BCUT2D eigenvalue weighted by Crippen LogP contribution is 2.36. The van der Waals surface area contributed by atoms with Crippen LogP contribution < -0.4 is 10.6 Å². The van der Waals surface area contributed by atoms with Crippen molar-refractivity contribution in [2.24, 2.45) is 7.05 Å². The second-order valence-corrected chi connectivity index (χ2v) is 7.41. The summed E-state index contributed by atoms with van der Waals surface area (Å²) in [6.07, 6.45) is 1.69. The first-order valence-electron chi connectivity index (χ1n) is 10.4. The van der Waals surface area contributed by atoms with Gasteiger partial charge in [-0.15, -0.1) is 0 Å². The molecule has 4 aromatic rings. The molecule has 0 saturated heterocycles. The Morgan fingerprint density at radius 2 is 2.00 bits per heavy atom. The number of carbonyl (C=O) groups excluding carboxylic acids is 1. The highest BCUT2D eigenvalue weighted by molar-refractivity contribution is 5.85. The monoisotopic (exact) mass is 486 g/mol. The lowest BCUT2D eigenvalue weighted by Gasteiger charge is -2.16. The number of nitrogens with zero attached hydrogens (tertiary/aromatic N) is 6. The first-order chi connectivity index (χ1) is 16.8. The van der Waals surface area contributed by atoms with E-state index in [-0.39, 0.29) is 30.4 Å². The van der Waals surface area contributed by atoms with Crippen molar-refractivity contribution in [3.63, 3.8) is 0 Å². The molecule has 0 amide bonds. The molecular formula is C22H21F3N8O2. The molecule has 2 N–H and O–H groups in total. The number of carbonyl (C=O) groups is 1. The molecule has 182 valence electrons. The zero-order valence-corrected chi connectivity index (χ0v) is 18.7. The van der Waals surface area contributed by atoms with Crippen LogP contribution in [0.4, 0.5) is 30.5 Å². The molecule has 0 atom stereocenters. The second kappa shape index (κ2) is 9.93. The molecule has 0 radical (unpaired) electrons. The fraction of sp³-hybridized carbons (Fsp3) is 0.227. The molecule has 0 saturated carbocycles. The van der Waals surface area contributed by atoms with E-state index in [2.05, 4.69) is 30.8 Å². The lowest BCUT2D eigenvalue weighted by Crippen LogP contribution is -2.15. The number of pyridine rings is 2. The number of alkyl halides is 3. The number of hydrogen-bond donors (Lipinski definition) is 2. The number of hydrogen-bond acceptors (Lipinski definition) is 8. The molecule has 35 heavy (non-hydrogen) atoms. The van der Waals surface area contributed by atoms with Crippen LogP contribution in [0.2, 0.25) is 0 Å². The number of nitrogens with one attached hydrogen (secondary N) is 2. The van der Waals surface area contributed by atoms with Gasteiger partial charge in [-0.2, -0.15) is 28.1 Å². The molecular weight excluding hydrogens is 465 g/mol.